The molecule has 0 fully saturated rings. The molecule has 1 rings (SSSR count). The molecule has 0 spiro atoms. The van der Waals surface area contributed by atoms with Crippen molar-refractivity contribution in [1.82, 2.24) is 4.90 Å². The van der Waals surface area contributed by atoms with Crippen molar-refractivity contribution in [3.8, 4) is 5.75 Å². The van der Waals surface area contributed by atoms with E-state index in [1.54, 1.807) is 36.4 Å². The van der Waals surface area contributed by atoms with E-state index in [-0.39, 0.29) is 12.4 Å². The Bertz CT molecular complexity index is 457. The summed E-state index contributed by atoms with van der Waals surface area (Å²) in [6, 6.07) is 6.89. The maximum Gasteiger partial charge on any atom is 0.159 e. The Morgan fingerprint density at radius 1 is 1.29 bits per heavy atom. The van der Waals surface area contributed by atoms with E-state index in [9.17, 15) is 9.90 Å². The zero-order chi connectivity index (χ0) is 15.7. The quantitative estimate of drug-likeness (QED) is 0.530. The van der Waals surface area contributed by atoms with Crippen LogP contribution in [0.1, 0.15) is 17.3 Å². The van der Waals surface area contributed by atoms with Gasteiger partial charge in [0.2, 0.25) is 0 Å². The van der Waals surface area contributed by atoms with Crippen LogP contribution in [-0.4, -0.2) is 48.1 Å². The molecule has 4 nitrogen and oxygen atoms in total. The Labute approximate surface area is 126 Å². The molecule has 0 bridgehead atoms. The fourth-order valence-electron chi connectivity index (χ4n) is 1.92. The lowest BCUT2D eigenvalue weighted by Crippen LogP contribution is -2.35. The third-order valence-corrected chi connectivity index (χ3v) is 2.95. The summed E-state index contributed by atoms with van der Waals surface area (Å²) in [6.45, 7) is 11.0. The molecule has 1 N–H and O–H groups in total. The fourth-order valence-corrected chi connectivity index (χ4v) is 1.92. The molecular weight excluding hydrogens is 266 g/mol. The number of nitrogens with zero attached hydrogens (tertiary/aromatic N) is 1. The van der Waals surface area contributed by atoms with Gasteiger partial charge in [0.1, 0.15) is 18.5 Å². The molecule has 1 atom stereocenters. The van der Waals surface area contributed by atoms with Crippen LogP contribution < -0.4 is 4.74 Å². The van der Waals surface area contributed by atoms with Crippen LogP contribution in [-0.2, 0) is 0 Å². The van der Waals surface area contributed by atoms with Crippen LogP contribution in [0.3, 0.4) is 0 Å². The lowest BCUT2D eigenvalue weighted by atomic mass is 10.1. The maximum absolute atomic E-state index is 11.2. The lowest BCUT2D eigenvalue weighted by Gasteiger charge is -2.22. The molecule has 0 aliphatic rings. The van der Waals surface area contributed by atoms with Crippen molar-refractivity contribution in [2.45, 2.75) is 13.0 Å². The number of aliphatic hydroxyl groups excluding tert-OH is 1. The minimum atomic E-state index is -0.600. The third kappa shape index (κ3) is 6.38. The van der Waals surface area contributed by atoms with Gasteiger partial charge < -0.3 is 9.84 Å². The van der Waals surface area contributed by atoms with E-state index in [4.69, 9.17) is 4.74 Å². The molecule has 1 aromatic carbocycles. The van der Waals surface area contributed by atoms with Gasteiger partial charge in [0, 0.05) is 25.2 Å². The van der Waals surface area contributed by atoms with Crippen molar-refractivity contribution in [3.05, 3.63) is 55.1 Å². The van der Waals surface area contributed by atoms with E-state index in [2.05, 4.69) is 13.2 Å². The van der Waals surface area contributed by atoms with Crippen LogP contribution in [0.25, 0.3) is 0 Å². The fraction of sp³-hybridized carbons (Fsp3) is 0.353. The van der Waals surface area contributed by atoms with Crippen LogP contribution in [0, 0.1) is 0 Å². The van der Waals surface area contributed by atoms with Gasteiger partial charge in [0.25, 0.3) is 0 Å². The zero-order valence-electron chi connectivity index (χ0n) is 12.5. The van der Waals surface area contributed by atoms with Crippen LogP contribution in [0.5, 0.6) is 5.75 Å². The normalized spacial score (nSPS) is 12.0. The predicted molar refractivity (Wildman–Crippen MR) is 84.8 cm³/mol. The largest absolute Gasteiger partial charge is 0.491 e. The van der Waals surface area contributed by atoms with Crippen molar-refractivity contribution < 1.29 is 14.6 Å². The molecule has 114 valence electrons. The Morgan fingerprint density at radius 3 is 2.33 bits per heavy atom. The number of carbonyl (C=O) groups is 1. The number of hydrogen-bond donors (Lipinski definition) is 1. The number of Topliss-reactive ketones (excluding diaryl/α,β-unsaturated/α-hetero) is 1. The summed E-state index contributed by atoms with van der Waals surface area (Å²) >= 11 is 0. The SMILES string of the molecule is C=CCN(CC=C)C[C@@H](O)COc1ccc(C(C)=O)cc1. The first-order chi connectivity index (χ1) is 10.1. The van der Waals surface area contributed by atoms with Crippen molar-refractivity contribution in [2.75, 3.05) is 26.2 Å². The second kappa shape index (κ2) is 9.10. The minimum absolute atomic E-state index is 0.0195. The minimum Gasteiger partial charge on any atom is -0.491 e. The van der Waals surface area contributed by atoms with E-state index in [1.807, 2.05) is 4.90 Å². The summed E-state index contributed by atoms with van der Waals surface area (Å²) in [7, 11) is 0. The first-order valence-electron chi connectivity index (χ1n) is 6.92. The van der Waals surface area contributed by atoms with Gasteiger partial charge in [-0.05, 0) is 31.2 Å². The van der Waals surface area contributed by atoms with Gasteiger partial charge in [-0.1, -0.05) is 12.2 Å². The monoisotopic (exact) mass is 289 g/mol. The maximum atomic E-state index is 11.2. The summed E-state index contributed by atoms with van der Waals surface area (Å²) in [5.41, 5.74) is 0.644. The Kier molecular flexibility index (Phi) is 7.43. The highest BCUT2D eigenvalue weighted by atomic mass is 16.5. The molecule has 0 aromatic heterocycles. The van der Waals surface area contributed by atoms with E-state index >= 15 is 0 Å². The van der Waals surface area contributed by atoms with E-state index in [0.29, 0.717) is 30.9 Å². The number of rotatable bonds is 10. The Hall–Kier alpha value is -1.91. The molecule has 0 radical (unpaired) electrons. The van der Waals surface area contributed by atoms with Gasteiger partial charge in [-0.3, -0.25) is 9.69 Å². The van der Waals surface area contributed by atoms with Gasteiger partial charge in [0.05, 0.1) is 0 Å². The first-order valence-corrected chi connectivity index (χ1v) is 6.92. The van der Waals surface area contributed by atoms with E-state index in [1.165, 1.54) is 6.92 Å². The zero-order valence-corrected chi connectivity index (χ0v) is 12.5. The number of aliphatic hydroxyl groups is 1. The molecule has 21 heavy (non-hydrogen) atoms. The number of carbonyl (C=O) groups excluding carboxylic acids is 1. The van der Waals surface area contributed by atoms with Gasteiger partial charge in [-0.25, -0.2) is 0 Å². The number of hydrogen-bond acceptors (Lipinski definition) is 4. The van der Waals surface area contributed by atoms with Crippen LogP contribution in [0.2, 0.25) is 0 Å². The van der Waals surface area contributed by atoms with Crippen LogP contribution >= 0.6 is 0 Å². The molecule has 0 unspecified atom stereocenters. The number of ether oxygens (including phenoxy) is 1. The molecule has 0 saturated carbocycles. The highest BCUT2D eigenvalue weighted by Gasteiger charge is 2.10. The predicted octanol–water partition coefficient (Wildman–Crippen LogP) is 2.30. The van der Waals surface area contributed by atoms with Crippen molar-refractivity contribution in [3.63, 3.8) is 0 Å². The first kappa shape index (κ1) is 17.1. The molecule has 4 heteroatoms. The summed E-state index contributed by atoms with van der Waals surface area (Å²) in [4.78, 5) is 13.2. The van der Waals surface area contributed by atoms with Crippen molar-refractivity contribution in [1.29, 1.82) is 0 Å². The summed E-state index contributed by atoms with van der Waals surface area (Å²) in [5.74, 6) is 0.657. The molecule has 0 aliphatic heterocycles. The number of ketones is 1. The number of benzene rings is 1. The molecular formula is C17H23NO3. The van der Waals surface area contributed by atoms with Crippen molar-refractivity contribution >= 4 is 5.78 Å². The smallest absolute Gasteiger partial charge is 0.159 e. The van der Waals surface area contributed by atoms with Crippen LogP contribution in [0.4, 0.5) is 0 Å². The molecule has 0 saturated heterocycles. The second-order valence-corrected chi connectivity index (χ2v) is 4.84. The Morgan fingerprint density at radius 2 is 1.86 bits per heavy atom. The topological polar surface area (TPSA) is 49.8 Å². The second-order valence-electron chi connectivity index (χ2n) is 4.84. The molecule has 0 amide bonds. The van der Waals surface area contributed by atoms with Gasteiger partial charge in [-0.15, -0.1) is 13.2 Å². The summed E-state index contributed by atoms with van der Waals surface area (Å²) < 4.78 is 5.52. The van der Waals surface area contributed by atoms with E-state index in [0.717, 1.165) is 0 Å². The lowest BCUT2D eigenvalue weighted by molar-refractivity contribution is 0.0754. The van der Waals surface area contributed by atoms with Crippen LogP contribution in [0.15, 0.2) is 49.6 Å². The average molecular weight is 289 g/mol. The van der Waals surface area contributed by atoms with Gasteiger partial charge in [0.15, 0.2) is 5.78 Å². The summed E-state index contributed by atoms with van der Waals surface area (Å²) in [5, 5.41) is 9.99. The molecule has 1 aromatic rings. The van der Waals surface area contributed by atoms with E-state index < -0.39 is 6.10 Å². The van der Waals surface area contributed by atoms with Gasteiger partial charge >= 0.3 is 0 Å². The average Bonchev–Trinajstić information content (AvgIpc) is 2.46. The third-order valence-electron chi connectivity index (χ3n) is 2.95. The highest BCUT2D eigenvalue weighted by molar-refractivity contribution is 5.94. The standard InChI is InChI=1S/C17H23NO3/c1-4-10-18(11-5-2)12-16(20)13-21-17-8-6-15(7-9-17)14(3)19/h4-9,16,20H,1-2,10-13H2,3H3/t16-/m1/s1. The highest BCUT2D eigenvalue weighted by Crippen LogP contribution is 2.13. The molecule has 0 aliphatic carbocycles. The molecule has 0 heterocycles. The summed E-state index contributed by atoms with van der Waals surface area (Å²) in [6.07, 6.45) is 2.98. The van der Waals surface area contributed by atoms with Gasteiger partial charge in [-0.2, -0.15) is 0 Å². The van der Waals surface area contributed by atoms with Crippen molar-refractivity contribution in [2.24, 2.45) is 0 Å². The Balaban J connectivity index is 2.44.